The summed E-state index contributed by atoms with van der Waals surface area (Å²) in [5.41, 5.74) is 6.80. The minimum absolute atomic E-state index is 0.00966. The molecule has 20 heavy (non-hydrogen) atoms. The quantitative estimate of drug-likeness (QED) is 0.800. The number of aromatic hydroxyl groups is 1. The molecule has 1 aromatic carbocycles. The molecule has 1 aliphatic heterocycles. The van der Waals surface area contributed by atoms with Crippen molar-refractivity contribution in [3.63, 3.8) is 0 Å². The summed E-state index contributed by atoms with van der Waals surface area (Å²) < 4.78 is 5.46. The van der Waals surface area contributed by atoms with Crippen molar-refractivity contribution in [3.05, 3.63) is 29.8 Å². The number of ether oxygens (including phenoxy) is 1. The second-order valence-corrected chi connectivity index (χ2v) is 5.42. The number of benzene rings is 1. The van der Waals surface area contributed by atoms with Crippen LogP contribution in [0.2, 0.25) is 0 Å². The van der Waals surface area contributed by atoms with Crippen LogP contribution in [0.15, 0.2) is 24.3 Å². The second kappa shape index (κ2) is 6.72. The summed E-state index contributed by atoms with van der Waals surface area (Å²) in [5, 5.41) is 9.21. The third-order valence-corrected chi connectivity index (χ3v) is 3.64. The van der Waals surface area contributed by atoms with Crippen molar-refractivity contribution >= 4 is 5.97 Å². The molecule has 1 aliphatic rings. The molecule has 1 heterocycles. The Morgan fingerprint density at radius 3 is 2.60 bits per heavy atom. The number of likely N-dealkylation sites (tertiary alicyclic amines) is 1. The van der Waals surface area contributed by atoms with Gasteiger partial charge < -0.3 is 20.5 Å². The maximum Gasteiger partial charge on any atom is 0.323 e. The van der Waals surface area contributed by atoms with Gasteiger partial charge in [-0.3, -0.25) is 4.79 Å². The summed E-state index contributed by atoms with van der Waals surface area (Å²) in [5.74, 6) is -0.135. The molecule has 0 aliphatic carbocycles. The Morgan fingerprint density at radius 2 is 2.00 bits per heavy atom. The van der Waals surface area contributed by atoms with Gasteiger partial charge in [-0.15, -0.1) is 0 Å². The number of piperidine rings is 1. The van der Waals surface area contributed by atoms with Crippen molar-refractivity contribution in [2.24, 2.45) is 5.73 Å². The molecule has 0 saturated carbocycles. The maximum atomic E-state index is 12.0. The van der Waals surface area contributed by atoms with Crippen LogP contribution in [-0.2, 0) is 16.0 Å². The van der Waals surface area contributed by atoms with Gasteiger partial charge in [-0.2, -0.15) is 0 Å². The average molecular weight is 278 g/mol. The van der Waals surface area contributed by atoms with E-state index in [1.54, 1.807) is 24.3 Å². The molecule has 1 atom stereocenters. The summed E-state index contributed by atoms with van der Waals surface area (Å²) in [7, 11) is 2.06. The van der Waals surface area contributed by atoms with Gasteiger partial charge in [0.2, 0.25) is 0 Å². The van der Waals surface area contributed by atoms with Gasteiger partial charge in [-0.05, 0) is 44.0 Å². The molecular weight excluding hydrogens is 256 g/mol. The van der Waals surface area contributed by atoms with Crippen LogP contribution < -0.4 is 5.73 Å². The zero-order chi connectivity index (χ0) is 14.5. The molecule has 0 aromatic heterocycles. The number of rotatable bonds is 4. The number of nitrogens with zero attached hydrogens (tertiary/aromatic N) is 1. The lowest BCUT2D eigenvalue weighted by molar-refractivity contribution is -0.152. The maximum absolute atomic E-state index is 12.0. The van der Waals surface area contributed by atoms with Crippen molar-refractivity contribution in [2.45, 2.75) is 31.4 Å². The minimum atomic E-state index is -0.654. The SMILES string of the molecule is CN1CCC(OC(=O)[C@@H](N)Cc2ccc(O)cc2)CC1. The first-order valence-electron chi connectivity index (χ1n) is 6.97. The van der Waals surface area contributed by atoms with E-state index in [2.05, 4.69) is 11.9 Å². The van der Waals surface area contributed by atoms with Crippen molar-refractivity contribution in [3.8, 4) is 5.75 Å². The number of phenolic OH excluding ortho intramolecular Hbond substituents is 1. The predicted molar refractivity (Wildman–Crippen MR) is 76.4 cm³/mol. The van der Waals surface area contributed by atoms with Crippen LogP contribution in [0.4, 0.5) is 0 Å². The van der Waals surface area contributed by atoms with E-state index in [1.807, 2.05) is 0 Å². The zero-order valence-electron chi connectivity index (χ0n) is 11.8. The molecule has 5 heteroatoms. The Labute approximate surface area is 119 Å². The highest BCUT2D eigenvalue weighted by Crippen LogP contribution is 2.14. The molecule has 3 N–H and O–H groups in total. The van der Waals surface area contributed by atoms with Crippen molar-refractivity contribution in [1.82, 2.24) is 4.90 Å². The summed E-state index contributed by atoms with van der Waals surface area (Å²) in [6, 6.07) is 6.05. The highest BCUT2D eigenvalue weighted by molar-refractivity contribution is 5.76. The van der Waals surface area contributed by atoms with E-state index in [-0.39, 0.29) is 17.8 Å². The predicted octanol–water partition coefficient (Wildman–Crippen LogP) is 0.899. The number of esters is 1. The smallest absolute Gasteiger partial charge is 0.323 e. The van der Waals surface area contributed by atoms with E-state index >= 15 is 0 Å². The Morgan fingerprint density at radius 1 is 1.40 bits per heavy atom. The monoisotopic (exact) mass is 278 g/mol. The fraction of sp³-hybridized carbons (Fsp3) is 0.533. The number of hydrogen-bond acceptors (Lipinski definition) is 5. The van der Waals surface area contributed by atoms with Gasteiger partial charge in [-0.25, -0.2) is 0 Å². The second-order valence-electron chi connectivity index (χ2n) is 5.42. The summed E-state index contributed by atoms with van der Waals surface area (Å²) >= 11 is 0. The topological polar surface area (TPSA) is 75.8 Å². The van der Waals surface area contributed by atoms with E-state index in [1.165, 1.54) is 0 Å². The molecule has 2 rings (SSSR count). The molecule has 0 amide bonds. The highest BCUT2D eigenvalue weighted by atomic mass is 16.5. The van der Waals surface area contributed by atoms with Crippen LogP contribution in [0.3, 0.4) is 0 Å². The lowest BCUT2D eigenvalue weighted by Gasteiger charge is -2.29. The lowest BCUT2D eigenvalue weighted by atomic mass is 10.1. The van der Waals surface area contributed by atoms with E-state index in [9.17, 15) is 9.90 Å². The molecule has 5 nitrogen and oxygen atoms in total. The molecule has 0 spiro atoms. The van der Waals surface area contributed by atoms with E-state index in [0.29, 0.717) is 6.42 Å². The van der Waals surface area contributed by atoms with Crippen LogP contribution in [0, 0.1) is 0 Å². The Kier molecular flexibility index (Phi) is 4.98. The largest absolute Gasteiger partial charge is 0.508 e. The van der Waals surface area contributed by atoms with Crippen LogP contribution in [0.1, 0.15) is 18.4 Å². The molecule has 1 fully saturated rings. The van der Waals surface area contributed by atoms with Gasteiger partial charge in [-0.1, -0.05) is 12.1 Å². The highest BCUT2D eigenvalue weighted by Gasteiger charge is 2.23. The Bertz CT molecular complexity index is 439. The number of carbonyl (C=O) groups excluding carboxylic acids is 1. The Balaban J connectivity index is 1.81. The number of phenols is 1. The minimum Gasteiger partial charge on any atom is -0.508 e. The van der Waals surface area contributed by atoms with Gasteiger partial charge in [0.25, 0.3) is 0 Å². The lowest BCUT2D eigenvalue weighted by Crippen LogP contribution is -2.40. The first kappa shape index (κ1) is 14.8. The van der Waals surface area contributed by atoms with E-state index < -0.39 is 6.04 Å². The standard InChI is InChI=1S/C15H22N2O3/c1-17-8-6-13(7-9-17)20-15(19)14(16)10-11-2-4-12(18)5-3-11/h2-5,13-14,18H,6-10,16H2,1H3/t14-/m0/s1. The zero-order valence-corrected chi connectivity index (χ0v) is 11.8. The molecular formula is C15H22N2O3. The van der Waals surface area contributed by atoms with Crippen molar-refractivity contribution in [1.29, 1.82) is 0 Å². The van der Waals surface area contributed by atoms with Gasteiger partial charge in [0.15, 0.2) is 0 Å². The van der Waals surface area contributed by atoms with E-state index in [0.717, 1.165) is 31.5 Å². The summed E-state index contributed by atoms with van der Waals surface area (Å²) in [6.45, 7) is 1.90. The third-order valence-electron chi connectivity index (χ3n) is 3.64. The number of hydrogen-bond donors (Lipinski definition) is 2. The molecule has 0 unspecified atom stereocenters. The fourth-order valence-corrected chi connectivity index (χ4v) is 2.32. The van der Waals surface area contributed by atoms with Gasteiger partial charge in [0, 0.05) is 13.1 Å². The molecule has 0 radical (unpaired) electrons. The van der Waals surface area contributed by atoms with Crippen LogP contribution in [0.25, 0.3) is 0 Å². The first-order valence-corrected chi connectivity index (χ1v) is 6.97. The van der Waals surface area contributed by atoms with Crippen molar-refractivity contribution in [2.75, 3.05) is 20.1 Å². The average Bonchev–Trinajstić information content (AvgIpc) is 2.44. The summed E-state index contributed by atoms with van der Waals surface area (Å²) in [4.78, 5) is 14.2. The summed E-state index contributed by atoms with van der Waals surface area (Å²) in [6.07, 6.45) is 2.15. The Hall–Kier alpha value is -1.59. The van der Waals surface area contributed by atoms with Crippen LogP contribution in [-0.4, -0.2) is 48.3 Å². The van der Waals surface area contributed by atoms with Crippen LogP contribution in [0.5, 0.6) is 5.75 Å². The van der Waals surface area contributed by atoms with Crippen LogP contribution >= 0.6 is 0 Å². The third kappa shape index (κ3) is 4.21. The normalized spacial score (nSPS) is 18.7. The van der Waals surface area contributed by atoms with Gasteiger partial charge in [0.05, 0.1) is 0 Å². The van der Waals surface area contributed by atoms with Crippen molar-refractivity contribution < 1.29 is 14.6 Å². The van der Waals surface area contributed by atoms with Gasteiger partial charge in [0.1, 0.15) is 17.9 Å². The van der Waals surface area contributed by atoms with Gasteiger partial charge >= 0.3 is 5.97 Å². The molecule has 1 aromatic rings. The molecule has 0 bridgehead atoms. The molecule has 1 saturated heterocycles. The van der Waals surface area contributed by atoms with E-state index in [4.69, 9.17) is 10.5 Å². The fourth-order valence-electron chi connectivity index (χ4n) is 2.32. The molecule has 110 valence electrons. The first-order chi connectivity index (χ1) is 9.54. The number of nitrogens with two attached hydrogens (primary N) is 1. The number of carbonyl (C=O) groups is 1.